The van der Waals surface area contributed by atoms with E-state index in [0.29, 0.717) is 23.8 Å². The number of aryl methyl sites for hydroxylation is 2. The van der Waals surface area contributed by atoms with Crippen LogP contribution in [0.25, 0.3) is 10.9 Å². The molecule has 0 aliphatic carbocycles. The summed E-state index contributed by atoms with van der Waals surface area (Å²) in [7, 11) is 0. The lowest BCUT2D eigenvalue weighted by atomic mass is 10.0. The largest absolute Gasteiger partial charge is 0.363 e. The molecule has 6 nitrogen and oxygen atoms in total. The smallest absolute Gasteiger partial charge is 0.253 e. The summed E-state index contributed by atoms with van der Waals surface area (Å²) >= 11 is 5.76. The van der Waals surface area contributed by atoms with E-state index < -0.39 is 0 Å². The number of rotatable bonds is 10. The topological polar surface area (TPSA) is 64.3 Å². The van der Waals surface area contributed by atoms with E-state index in [2.05, 4.69) is 47.0 Å². The van der Waals surface area contributed by atoms with Gasteiger partial charge in [0.1, 0.15) is 0 Å². The molecule has 0 radical (unpaired) electrons. The van der Waals surface area contributed by atoms with Gasteiger partial charge in [0, 0.05) is 41.9 Å². The Kier molecular flexibility index (Phi) is 8.97. The van der Waals surface area contributed by atoms with Crippen molar-refractivity contribution in [3.8, 4) is 0 Å². The third-order valence-electron chi connectivity index (χ3n) is 5.96. The lowest BCUT2D eigenvalue weighted by Crippen LogP contribution is -2.41. The van der Waals surface area contributed by atoms with Gasteiger partial charge in [0.25, 0.3) is 5.56 Å². The molecule has 0 unspecified atom stereocenters. The maximum atomic E-state index is 12.9. The van der Waals surface area contributed by atoms with Gasteiger partial charge in [-0.15, -0.1) is 0 Å². The Morgan fingerprint density at radius 3 is 2.64 bits per heavy atom. The maximum absolute atomic E-state index is 12.9. The van der Waals surface area contributed by atoms with Crippen molar-refractivity contribution >= 4 is 28.2 Å². The van der Waals surface area contributed by atoms with Crippen LogP contribution in [0, 0.1) is 13.8 Å². The van der Waals surface area contributed by atoms with Gasteiger partial charge in [-0.05, 0) is 87.0 Å². The molecule has 1 aromatic carbocycles. The number of nitrogens with one attached hydrogen (secondary N) is 2. The van der Waals surface area contributed by atoms with E-state index in [1.54, 1.807) is 6.20 Å². The average Bonchev–Trinajstić information content (AvgIpc) is 2.80. The van der Waals surface area contributed by atoms with E-state index in [4.69, 9.17) is 12.2 Å². The second-order valence-corrected chi connectivity index (χ2v) is 8.88. The summed E-state index contributed by atoms with van der Waals surface area (Å²) in [6, 6.07) is 10.1. The Bertz CT molecular complexity index is 1120. The van der Waals surface area contributed by atoms with Gasteiger partial charge in [-0.1, -0.05) is 26.0 Å². The van der Waals surface area contributed by atoms with Crippen molar-refractivity contribution in [3.63, 3.8) is 0 Å². The normalized spacial score (nSPS) is 11.2. The van der Waals surface area contributed by atoms with Crippen molar-refractivity contribution in [2.75, 3.05) is 26.2 Å². The summed E-state index contributed by atoms with van der Waals surface area (Å²) < 4.78 is 0. The average molecular weight is 466 g/mol. The lowest BCUT2D eigenvalue weighted by Gasteiger charge is -2.26. The zero-order valence-corrected chi connectivity index (χ0v) is 21.0. The quantitative estimate of drug-likeness (QED) is 0.346. The van der Waals surface area contributed by atoms with Crippen LogP contribution in [0.4, 0.5) is 0 Å². The van der Waals surface area contributed by atoms with Crippen LogP contribution in [0.1, 0.15) is 42.5 Å². The number of aromatic nitrogens is 2. The van der Waals surface area contributed by atoms with E-state index in [9.17, 15) is 4.79 Å². The van der Waals surface area contributed by atoms with E-state index in [0.717, 1.165) is 60.2 Å². The van der Waals surface area contributed by atoms with Gasteiger partial charge in [0.2, 0.25) is 0 Å². The lowest BCUT2D eigenvalue weighted by molar-refractivity contribution is 0.299. The Hall–Kier alpha value is -2.77. The summed E-state index contributed by atoms with van der Waals surface area (Å²) in [5.41, 5.74) is 4.83. The molecule has 0 fully saturated rings. The maximum Gasteiger partial charge on any atom is 0.253 e. The molecule has 3 rings (SSSR count). The van der Waals surface area contributed by atoms with Gasteiger partial charge in [0.15, 0.2) is 5.11 Å². The minimum Gasteiger partial charge on any atom is -0.363 e. The highest BCUT2D eigenvalue weighted by molar-refractivity contribution is 7.80. The number of H-pyrrole nitrogens is 1. The minimum absolute atomic E-state index is 0.0759. The fraction of sp³-hybridized carbons (Fsp3) is 0.423. The first-order valence-electron chi connectivity index (χ1n) is 11.7. The van der Waals surface area contributed by atoms with Crippen LogP contribution in [0.2, 0.25) is 0 Å². The van der Waals surface area contributed by atoms with Gasteiger partial charge in [-0.2, -0.15) is 0 Å². The number of nitrogens with zero attached hydrogens (tertiary/aromatic N) is 3. The second-order valence-electron chi connectivity index (χ2n) is 8.50. The van der Waals surface area contributed by atoms with Crippen LogP contribution < -0.4 is 10.9 Å². The van der Waals surface area contributed by atoms with E-state index in [1.165, 1.54) is 0 Å². The molecule has 0 spiro atoms. The van der Waals surface area contributed by atoms with Gasteiger partial charge in [-0.25, -0.2) is 0 Å². The van der Waals surface area contributed by atoms with Crippen molar-refractivity contribution in [2.45, 2.75) is 47.2 Å². The number of benzene rings is 1. The summed E-state index contributed by atoms with van der Waals surface area (Å²) in [6.45, 7) is 13.4. The third-order valence-corrected chi connectivity index (χ3v) is 6.36. The van der Waals surface area contributed by atoms with Gasteiger partial charge in [0.05, 0.1) is 6.54 Å². The van der Waals surface area contributed by atoms with Gasteiger partial charge < -0.3 is 20.1 Å². The number of hydrogen-bond acceptors (Lipinski definition) is 4. The predicted molar refractivity (Wildman–Crippen MR) is 141 cm³/mol. The molecule has 0 atom stereocenters. The van der Waals surface area contributed by atoms with Crippen molar-refractivity contribution in [2.24, 2.45) is 0 Å². The fourth-order valence-corrected chi connectivity index (χ4v) is 4.33. The highest BCUT2D eigenvalue weighted by Gasteiger charge is 2.15. The summed E-state index contributed by atoms with van der Waals surface area (Å²) in [5.74, 6) is 0. The summed E-state index contributed by atoms with van der Waals surface area (Å²) in [5, 5.41) is 5.12. The zero-order chi connectivity index (χ0) is 23.8. The SMILES string of the molecule is CCN(CC)CCCNC(=S)N(Cc1cccnc1)Cc1cc2c(C)cc(C)cc2[nH]c1=O. The first-order valence-corrected chi connectivity index (χ1v) is 12.1. The fourth-order valence-electron chi connectivity index (χ4n) is 4.10. The number of thiocarbonyl (C=S) groups is 1. The minimum atomic E-state index is -0.0759. The molecule has 0 bridgehead atoms. The molecule has 0 aliphatic rings. The van der Waals surface area contributed by atoms with Crippen molar-refractivity contribution in [1.29, 1.82) is 0 Å². The summed E-state index contributed by atoms with van der Waals surface area (Å²) in [4.78, 5) is 24.6. The van der Waals surface area contributed by atoms with Crippen molar-refractivity contribution in [1.82, 2.24) is 25.1 Å². The molecular weight excluding hydrogens is 430 g/mol. The Morgan fingerprint density at radius 1 is 1.15 bits per heavy atom. The Morgan fingerprint density at radius 2 is 1.94 bits per heavy atom. The van der Waals surface area contributed by atoms with E-state index in [-0.39, 0.29) is 5.56 Å². The van der Waals surface area contributed by atoms with Crippen LogP contribution >= 0.6 is 12.2 Å². The third kappa shape index (κ3) is 6.85. The number of pyridine rings is 2. The van der Waals surface area contributed by atoms with Crippen molar-refractivity contribution in [3.05, 3.63) is 75.3 Å². The molecule has 3 aromatic rings. The van der Waals surface area contributed by atoms with Crippen LogP contribution in [-0.4, -0.2) is 51.1 Å². The highest BCUT2D eigenvalue weighted by Crippen LogP contribution is 2.19. The highest BCUT2D eigenvalue weighted by atomic mass is 32.1. The molecular formula is C26H35N5OS. The predicted octanol–water partition coefficient (Wildman–Crippen LogP) is 4.15. The number of fused-ring (bicyclic) bond motifs is 1. The molecule has 0 saturated carbocycles. The van der Waals surface area contributed by atoms with Crippen LogP contribution in [0.3, 0.4) is 0 Å². The Labute approximate surface area is 202 Å². The molecule has 2 heterocycles. The number of hydrogen-bond donors (Lipinski definition) is 2. The molecule has 0 amide bonds. The molecule has 33 heavy (non-hydrogen) atoms. The number of aromatic amines is 1. The Balaban J connectivity index is 1.79. The van der Waals surface area contributed by atoms with Gasteiger partial charge in [-0.3, -0.25) is 9.78 Å². The van der Waals surface area contributed by atoms with Crippen molar-refractivity contribution < 1.29 is 0 Å². The standard InChI is InChI=1S/C26H35N5OS/c1-5-30(6-2)12-8-11-28-26(33)31(17-21-9-7-10-27-16-21)18-22-15-23-20(4)13-19(3)14-24(23)29-25(22)32/h7,9-10,13-16H,5-6,8,11-12,17-18H2,1-4H3,(H,28,33)(H,29,32). The molecule has 2 N–H and O–H groups in total. The van der Waals surface area contributed by atoms with E-state index >= 15 is 0 Å². The molecule has 176 valence electrons. The van der Waals surface area contributed by atoms with Gasteiger partial charge >= 0.3 is 0 Å². The first-order chi connectivity index (χ1) is 15.9. The molecule has 0 aliphatic heterocycles. The molecule has 2 aromatic heterocycles. The zero-order valence-electron chi connectivity index (χ0n) is 20.1. The van der Waals surface area contributed by atoms with Crippen LogP contribution in [0.15, 0.2) is 47.5 Å². The molecule has 7 heteroatoms. The van der Waals surface area contributed by atoms with Crippen LogP contribution in [0.5, 0.6) is 0 Å². The van der Waals surface area contributed by atoms with E-state index in [1.807, 2.05) is 42.3 Å². The van der Waals surface area contributed by atoms with Crippen LogP contribution in [-0.2, 0) is 13.1 Å². The summed E-state index contributed by atoms with van der Waals surface area (Å²) in [6.07, 6.45) is 4.61. The monoisotopic (exact) mass is 465 g/mol. The second kappa shape index (κ2) is 11.9. The molecule has 0 saturated heterocycles. The first kappa shape index (κ1) is 24.9.